The van der Waals surface area contributed by atoms with Gasteiger partial charge in [0, 0.05) is 25.6 Å². The fourth-order valence-corrected chi connectivity index (χ4v) is 4.59. The van der Waals surface area contributed by atoms with Crippen molar-refractivity contribution in [2.24, 2.45) is 0 Å². The lowest BCUT2D eigenvalue weighted by Gasteiger charge is -2.19. The predicted octanol–water partition coefficient (Wildman–Crippen LogP) is 6.28. The Morgan fingerprint density at radius 1 is 1.17 bits per heavy atom. The SMILES string of the molecule is CC(C)(C)SNCc1cccc(Cl)c1Sc1cc(Br)ccc1CO. The molecule has 0 bridgehead atoms. The van der Waals surface area contributed by atoms with Gasteiger partial charge in [-0.05, 0) is 50.1 Å². The average Bonchev–Trinajstić information content (AvgIpc) is 2.49. The summed E-state index contributed by atoms with van der Waals surface area (Å²) < 4.78 is 4.56. The van der Waals surface area contributed by atoms with Gasteiger partial charge in [-0.25, -0.2) is 0 Å². The van der Waals surface area contributed by atoms with E-state index in [2.05, 4.69) is 47.5 Å². The molecule has 2 rings (SSSR count). The molecule has 0 saturated heterocycles. The van der Waals surface area contributed by atoms with Gasteiger partial charge < -0.3 is 5.11 Å². The standard InChI is InChI=1S/C18H21BrClNOS2/c1-18(2,3)24-21-10-12-5-4-6-15(20)17(12)23-16-9-14(19)8-7-13(16)11-22/h4-9,21-22H,10-11H2,1-3H3. The van der Waals surface area contributed by atoms with Crippen molar-refractivity contribution in [3.63, 3.8) is 0 Å². The molecule has 2 nitrogen and oxygen atoms in total. The lowest BCUT2D eigenvalue weighted by Crippen LogP contribution is -2.17. The molecule has 0 saturated carbocycles. The van der Waals surface area contributed by atoms with Crippen molar-refractivity contribution in [2.75, 3.05) is 0 Å². The second-order valence-corrected chi connectivity index (χ2v) is 10.4. The van der Waals surface area contributed by atoms with Gasteiger partial charge in [0.25, 0.3) is 0 Å². The third-order valence-corrected chi connectivity index (χ3v) is 6.21. The van der Waals surface area contributed by atoms with Crippen LogP contribution in [0.5, 0.6) is 0 Å². The zero-order valence-corrected chi connectivity index (χ0v) is 17.9. The molecule has 0 spiro atoms. The van der Waals surface area contributed by atoms with E-state index in [1.807, 2.05) is 30.3 Å². The minimum atomic E-state index is 0.00747. The predicted molar refractivity (Wildman–Crippen MR) is 110 cm³/mol. The number of halogens is 2. The Balaban J connectivity index is 2.25. The largest absolute Gasteiger partial charge is 0.392 e. The number of rotatable bonds is 6. The van der Waals surface area contributed by atoms with E-state index in [4.69, 9.17) is 11.6 Å². The molecule has 0 aromatic heterocycles. The summed E-state index contributed by atoms with van der Waals surface area (Å²) in [6.07, 6.45) is 0. The highest BCUT2D eigenvalue weighted by molar-refractivity contribution is 9.10. The summed E-state index contributed by atoms with van der Waals surface area (Å²) in [7, 11) is 0. The zero-order chi connectivity index (χ0) is 17.7. The van der Waals surface area contributed by atoms with E-state index in [1.165, 1.54) is 0 Å². The highest BCUT2D eigenvalue weighted by atomic mass is 79.9. The van der Waals surface area contributed by atoms with Gasteiger partial charge in [-0.2, -0.15) is 0 Å². The maximum Gasteiger partial charge on any atom is 0.0692 e. The van der Waals surface area contributed by atoms with Crippen molar-refractivity contribution >= 4 is 51.2 Å². The van der Waals surface area contributed by atoms with Gasteiger partial charge in [-0.15, -0.1) is 0 Å². The van der Waals surface area contributed by atoms with Crippen LogP contribution in [0.3, 0.4) is 0 Å². The van der Waals surface area contributed by atoms with Crippen molar-refractivity contribution in [3.05, 3.63) is 57.0 Å². The first kappa shape index (κ1) is 20.1. The Morgan fingerprint density at radius 3 is 2.58 bits per heavy atom. The summed E-state index contributed by atoms with van der Waals surface area (Å²) in [4.78, 5) is 2.03. The lowest BCUT2D eigenvalue weighted by atomic mass is 10.2. The first-order chi connectivity index (χ1) is 11.3. The highest BCUT2D eigenvalue weighted by Gasteiger charge is 2.14. The maximum atomic E-state index is 9.58. The van der Waals surface area contributed by atoms with Gasteiger partial charge >= 0.3 is 0 Å². The molecule has 130 valence electrons. The lowest BCUT2D eigenvalue weighted by molar-refractivity contribution is 0.279. The van der Waals surface area contributed by atoms with Gasteiger partial charge in [-0.1, -0.05) is 69.4 Å². The molecule has 24 heavy (non-hydrogen) atoms. The Morgan fingerprint density at radius 2 is 1.92 bits per heavy atom. The highest BCUT2D eigenvalue weighted by Crippen LogP contribution is 2.39. The molecule has 0 aliphatic carbocycles. The van der Waals surface area contributed by atoms with Crippen LogP contribution < -0.4 is 4.72 Å². The molecule has 0 radical (unpaired) electrons. The molecule has 0 fully saturated rings. The average molecular weight is 447 g/mol. The van der Waals surface area contributed by atoms with Crippen LogP contribution >= 0.6 is 51.2 Å². The summed E-state index contributed by atoms with van der Waals surface area (Å²) in [5.41, 5.74) is 2.04. The summed E-state index contributed by atoms with van der Waals surface area (Å²) >= 11 is 13.3. The topological polar surface area (TPSA) is 32.3 Å². The smallest absolute Gasteiger partial charge is 0.0692 e. The Kier molecular flexibility index (Phi) is 7.53. The first-order valence-corrected chi connectivity index (χ1v) is 10.4. The maximum absolute atomic E-state index is 9.58. The van der Waals surface area contributed by atoms with E-state index in [1.54, 1.807) is 23.7 Å². The number of hydrogen-bond donors (Lipinski definition) is 2. The summed E-state index contributed by atoms with van der Waals surface area (Å²) in [5, 5.41) is 10.3. The molecule has 0 aliphatic rings. The number of nitrogens with one attached hydrogen (secondary N) is 1. The van der Waals surface area contributed by atoms with Crippen molar-refractivity contribution in [3.8, 4) is 0 Å². The van der Waals surface area contributed by atoms with E-state index in [0.29, 0.717) is 0 Å². The monoisotopic (exact) mass is 445 g/mol. The Hall–Kier alpha value is -0.170. The number of hydrogen-bond acceptors (Lipinski definition) is 4. The van der Waals surface area contributed by atoms with Crippen LogP contribution in [0.2, 0.25) is 5.02 Å². The normalized spacial score (nSPS) is 11.8. The quantitative estimate of drug-likeness (QED) is 0.511. The molecule has 2 aromatic carbocycles. The van der Waals surface area contributed by atoms with Crippen LogP contribution in [-0.2, 0) is 13.2 Å². The minimum absolute atomic E-state index is 0.00747. The third-order valence-electron chi connectivity index (χ3n) is 3.10. The second kappa shape index (κ2) is 8.97. The van der Waals surface area contributed by atoms with Crippen molar-refractivity contribution in [2.45, 2.75) is 48.5 Å². The van der Waals surface area contributed by atoms with Crippen molar-refractivity contribution < 1.29 is 5.11 Å². The van der Waals surface area contributed by atoms with E-state index in [-0.39, 0.29) is 11.4 Å². The Bertz CT molecular complexity index is 704. The van der Waals surface area contributed by atoms with Gasteiger partial charge in [-0.3, -0.25) is 4.72 Å². The fourth-order valence-electron chi connectivity index (χ4n) is 2.00. The van der Waals surface area contributed by atoms with Gasteiger partial charge in [0.15, 0.2) is 0 Å². The van der Waals surface area contributed by atoms with E-state index < -0.39 is 0 Å². The third kappa shape index (κ3) is 5.97. The molecule has 0 heterocycles. The molecule has 2 N–H and O–H groups in total. The van der Waals surface area contributed by atoms with Crippen LogP contribution in [0, 0.1) is 0 Å². The van der Waals surface area contributed by atoms with Crippen molar-refractivity contribution in [1.82, 2.24) is 4.72 Å². The summed E-state index contributed by atoms with van der Waals surface area (Å²) in [6, 6.07) is 11.8. The zero-order valence-electron chi connectivity index (χ0n) is 13.9. The first-order valence-electron chi connectivity index (χ1n) is 7.55. The van der Waals surface area contributed by atoms with Crippen LogP contribution in [0.25, 0.3) is 0 Å². The number of aliphatic hydroxyl groups is 1. The van der Waals surface area contributed by atoms with Crippen LogP contribution in [0.4, 0.5) is 0 Å². The van der Waals surface area contributed by atoms with E-state index in [9.17, 15) is 5.11 Å². The Labute approximate surface area is 166 Å². The summed E-state index contributed by atoms with van der Waals surface area (Å²) in [6.45, 7) is 7.26. The van der Waals surface area contributed by atoms with E-state index >= 15 is 0 Å². The number of benzene rings is 2. The molecule has 2 aromatic rings. The van der Waals surface area contributed by atoms with Crippen LogP contribution in [-0.4, -0.2) is 9.85 Å². The van der Waals surface area contributed by atoms with Gasteiger partial charge in [0.1, 0.15) is 0 Å². The van der Waals surface area contributed by atoms with Crippen LogP contribution in [0.1, 0.15) is 31.9 Å². The van der Waals surface area contributed by atoms with Gasteiger partial charge in [0.2, 0.25) is 0 Å². The molecule has 0 atom stereocenters. The van der Waals surface area contributed by atoms with Crippen LogP contribution in [0.15, 0.2) is 50.7 Å². The molecule has 0 aliphatic heterocycles. The minimum Gasteiger partial charge on any atom is -0.392 e. The summed E-state index contributed by atoms with van der Waals surface area (Å²) in [5.74, 6) is 0. The van der Waals surface area contributed by atoms with Crippen molar-refractivity contribution in [1.29, 1.82) is 0 Å². The second-order valence-electron chi connectivity index (χ2n) is 6.28. The molecule has 6 heteroatoms. The molecule has 0 amide bonds. The molecule has 0 unspecified atom stereocenters. The van der Waals surface area contributed by atoms with Gasteiger partial charge in [0.05, 0.1) is 11.6 Å². The molecular weight excluding hydrogens is 426 g/mol. The molecular formula is C18H21BrClNOS2. The van der Waals surface area contributed by atoms with E-state index in [0.717, 1.165) is 37.0 Å². The fraction of sp³-hybridized carbons (Fsp3) is 0.333. The number of aliphatic hydroxyl groups excluding tert-OH is 1.